The summed E-state index contributed by atoms with van der Waals surface area (Å²) in [6.45, 7) is -0.575. The highest BCUT2D eigenvalue weighted by Crippen LogP contribution is 2.38. The van der Waals surface area contributed by atoms with Gasteiger partial charge in [0.05, 0.1) is 5.92 Å². The van der Waals surface area contributed by atoms with Crippen LogP contribution in [0.2, 0.25) is 5.02 Å². The zero-order chi connectivity index (χ0) is 11.6. The Balaban J connectivity index is 3.13. The van der Waals surface area contributed by atoms with Crippen molar-refractivity contribution in [1.29, 1.82) is 0 Å². The molecular weight excluding hydrogens is 231 g/mol. The number of benzene rings is 1. The lowest BCUT2D eigenvalue weighted by molar-refractivity contribution is -0.148. The smallest absolute Gasteiger partial charge is 0.397 e. The van der Waals surface area contributed by atoms with Gasteiger partial charge in [-0.3, -0.25) is 0 Å². The van der Waals surface area contributed by atoms with E-state index in [0.29, 0.717) is 0 Å². The average molecular weight is 240 g/mol. The number of phenols is 1. The third kappa shape index (κ3) is 2.76. The second kappa shape index (κ2) is 4.28. The number of aromatic hydroxyl groups is 1. The first-order chi connectivity index (χ1) is 6.86. The Morgan fingerprint density at radius 1 is 1.40 bits per heavy atom. The summed E-state index contributed by atoms with van der Waals surface area (Å²) >= 11 is 5.59. The third-order valence-electron chi connectivity index (χ3n) is 1.99. The third-order valence-corrected chi connectivity index (χ3v) is 2.32. The van der Waals surface area contributed by atoms with Gasteiger partial charge in [-0.15, -0.1) is 0 Å². The van der Waals surface area contributed by atoms with E-state index in [1.807, 2.05) is 0 Å². The van der Waals surface area contributed by atoms with Crippen LogP contribution < -0.4 is 5.73 Å². The van der Waals surface area contributed by atoms with Gasteiger partial charge < -0.3 is 10.8 Å². The molecule has 0 amide bonds. The fourth-order valence-electron chi connectivity index (χ4n) is 1.24. The van der Waals surface area contributed by atoms with Gasteiger partial charge in [0.1, 0.15) is 5.75 Å². The Labute approximate surface area is 89.5 Å². The van der Waals surface area contributed by atoms with E-state index in [1.165, 1.54) is 0 Å². The normalized spacial score (nSPS) is 13.9. The summed E-state index contributed by atoms with van der Waals surface area (Å²) in [5.41, 5.74) is 4.94. The Morgan fingerprint density at radius 2 is 2.00 bits per heavy atom. The van der Waals surface area contributed by atoms with Crippen LogP contribution in [0, 0.1) is 0 Å². The van der Waals surface area contributed by atoms with E-state index >= 15 is 0 Å². The Kier molecular flexibility index (Phi) is 3.46. The van der Waals surface area contributed by atoms with Crippen LogP contribution in [0.3, 0.4) is 0 Å². The minimum atomic E-state index is -4.44. The lowest BCUT2D eigenvalue weighted by Crippen LogP contribution is -2.28. The molecule has 0 bridgehead atoms. The van der Waals surface area contributed by atoms with E-state index in [1.54, 1.807) is 0 Å². The van der Waals surface area contributed by atoms with Crippen LogP contribution >= 0.6 is 11.6 Å². The van der Waals surface area contributed by atoms with Crippen molar-refractivity contribution < 1.29 is 18.3 Å². The summed E-state index contributed by atoms with van der Waals surface area (Å²) in [4.78, 5) is 0. The first-order valence-electron chi connectivity index (χ1n) is 4.11. The lowest BCUT2D eigenvalue weighted by atomic mass is 9.98. The van der Waals surface area contributed by atoms with Crippen molar-refractivity contribution >= 4 is 11.6 Å². The Morgan fingerprint density at radius 3 is 2.40 bits per heavy atom. The molecule has 3 N–H and O–H groups in total. The number of halogens is 4. The summed E-state index contributed by atoms with van der Waals surface area (Å²) in [5.74, 6) is -1.98. The molecule has 15 heavy (non-hydrogen) atoms. The first kappa shape index (κ1) is 12.1. The molecule has 84 valence electrons. The second-order valence-electron chi connectivity index (χ2n) is 3.04. The predicted octanol–water partition coefficient (Wildman–Crippen LogP) is 2.65. The maximum atomic E-state index is 12.5. The van der Waals surface area contributed by atoms with Crippen molar-refractivity contribution in [2.75, 3.05) is 6.54 Å². The maximum Gasteiger partial charge on any atom is 0.397 e. The van der Waals surface area contributed by atoms with Crippen LogP contribution in [0.5, 0.6) is 5.75 Å². The van der Waals surface area contributed by atoms with Gasteiger partial charge in [-0.2, -0.15) is 13.2 Å². The minimum Gasteiger partial charge on any atom is -0.508 e. The number of nitrogens with two attached hydrogens (primary N) is 1. The van der Waals surface area contributed by atoms with Crippen molar-refractivity contribution in [1.82, 2.24) is 0 Å². The largest absolute Gasteiger partial charge is 0.508 e. The zero-order valence-electron chi connectivity index (χ0n) is 7.55. The van der Waals surface area contributed by atoms with Crippen LogP contribution in [0.15, 0.2) is 18.2 Å². The van der Waals surface area contributed by atoms with Crippen LogP contribution in [0.4, 0.5) is 13.2 Å². The molecule has 1 aromatic carbocycles. The molecular formula is C9H9ClF3NO. The van der Waals surface area contributed by atoms with Crippen molar-refractivity contribution in [2.24, 2.45) is 5.73 Å². The van der Waals surface area contributed by atoms with E-state index in [2.05, 4.69) is 0 Å². The fourth-order valence-corrected chi connectivity index (χ4v) is 1.54. The lowest BCUT2D eigenvalue weighted by Gasteiger charge is -2.19. The number of rotatable bonds is 2. The summed E-state index contributed by atoms with van der Waals surface area (Å²) < 4.78 is 37.5. The molecule has 0 aliphatic rings. The highest BCUT2D eigenvalue weighted by Gasteiger charge is 2.40. The second-order valence-corrected chi connectivity index (χ2v) is 3.44. The quantitative estimate of drug-likeness (QED) is 0.834. The topological polar surface area (TPSA) is 46.2 Å². The molecule has 0 spiro atoms. The van der Waals surface area contributed by atoms with Gasteiger partial charge >= 0.3 is 6.18 Å². The molecule has 0 heterocycles. The van der Waals surface area contributed by atoms with Gasteiger partial charge in [0.25, 0.3) is 0 Å². The van der Waals surface area contributed by atoms with E-state index in [0.717, 1.165) is 18.2 Å². The van der Waals surface area contributed by atoms with E-state index in [4.69, 9.17) is 22.4 Å². The summed E-state index contributed by atoms with van der Waals surface area (Å²) in [6, 6.07) is 3.34. The van der Waals surface area contributed by atoms with Crippen molar-refractivity contribution in [2.45, 2.75) is 12.1 Å². The van der Waals surface area contributed by atoms with Gasteiger partial charge in [0.2, 0.25) is 0 Å². The van der Waals surface area contributed by atoms with Crippen molar-refractivity contribution in [3.05, 3.63) is 28.8 Å². The molecule has 0 fully saturated rings. The molecule has 2 nitrogen and oxygen atoms in total. The van der Waals surface area contributed by atoms with E-state index < -0.39 is 18.6 Å². The average Bonchev–Trinajstić information content (AvgIpc) is 2.07. The number of hydrogen-bond donors (Lipinski definition) is 2. The van der Waals surface area contributed by atoms with E-state index in [-0.39, 0.29) is 16.3 Å². The van der Waals surface area contributed by atoms with Crippen LogP contribution in [0.25, 0.3) is 0 Å². The molecule has 0 aromatic heterocycles. The minimum absolute atomic E-state index is 0.121. The molecule has 0 saturated carbocycles. The van der Waals surface area contributed by atoms with Gasteiger partial charge in [0.15, 0.2) is 0 Å². The molecule has 6 heteroatoms. The SMILES string of the molecule is NCC(c1ccc(O)cc1Cl)C(F)(F)F. The van der Waals surface area contributed by atoms with E-state index in [9.17, 15) is 13.2 Å². The standard InChI is InChI=1S/C9H9ClF3NO/c10-8-3-5(15)1-2-6(8)7(4-14)9(11,12)13/h1-3,7,15H,4,14H2. The monoisotopic (exact) mass is 239 g/mol. The van der Waals surface area contributed by atoms with Crippen molar-refractivity contribution in [3.63, 3.8) is 0 Å². The van der Waals surface area contributed by atoms with Crippen LogP contribution in [-0.4, -0.2) is 17.8 Å². The molecule has 1 aromatic rings. The molecule has 1 rings (SSSR count). The molecule has 0 aliphatic carbocycles. The number of phenolic OH excluding ortho intramolecular Hbond substituents is 1. The molecule has 0 radical (unpaired) electrons. The Bertz CT molecular complexity index is 354. The highest BCUT2D eigenvalue weighted by molar-refractivity contribution is 6.31. The summed E-state index contributed by atoms with van der Waals surface area (Å²) in [7, 11) is 0. The maximum absolute atomic E-state index is 12.5. The van der Waals surface area contributed by atoms with Gasteiger partial charge in [0, 0.05) is 11.6 Å². The summed E-state index contributed by atoms with van der Waals surface area (Å²) in [5, 5.41) is 8.86. The van der Waals surface area contributed by atoms with Crippen LogP contribution in [-0.2, 0) is 0 Å². The van der Waals surface area contributed by atoms with Gasteiger partial charge in [-0.25, -0.2) is 0 Å². The van der Waals surface area contributed by atoms with Gasteiger partial charge in [-0.1, -0.05) is 17.7 Å². The molecule has 0 aliphatic heterocycles. The first-order valence-corrected chi connectivity index (χ1v) is 4.49. The highest BCUT2D eigenvalue weighted by atomic mass is 35.5. The predicted molar refractivity (Wildman–Crippen MR) is 51.0 cm³/mol. The number of alkyl halides is 3. The molecule has 1 atom stereocenters. The van der Waals surface area contributed by atoms with Gasteiger partial charge in [-0.05, 0) is 17.7 Å². The number of hydrogen-bond acceptors (Lipinski definition) is 2. The fraction of sp³-hybridized carbons (Fsp3) is 0.333. The van der Waals surface area contributed by atoms with Crippen LogP contribution in [0.1, 0.15) is 11.5 Å². The van der Waals surface area contributed by atoms with Crippen molar-refractivity contribution in [3.8, 4) is 5.75 Å². The summed E-state index contributed by atoms with van der Waals surface area (Å²) in [6.07, 6.45) is -4.44. The molecule has 0 saturated heterocycles. The zero-order valence-corrected chi connectivity index (χ0v) is 8.31. The molecule has 1 unspecified atom stereocenters. The Hall–Kier alpha value is -0.940.